The van der Waals surface area contributed by atoms with Crippen molar-refractivity contribution in [2.45, 2.75) is 6.10 Å². The lowest BCUT2D eigenvalue weighted by Gasteiger charge is -2.14. The Morgan fingerprint density at radius 3 is 2.57 bits per heavy atom. The maximum Gasteiger partial charge on any atom is 0.333 e. The van der Waals surface area contributed by atoms with Gasteiger partial charge in [0.05, 0.1) is 18.1 Å². The lowest BCUT2D eigenvalue weighted by atomic mass is 10.1. The SMILES string of the molecule is COc1cccc(NCC(O)c2ccccc2)c1[N+](=O)[O-]. The van der Waals surface area contributed by atoms with Crippen LogP contribution in [0.5, 0.6) is 5.75 Å². The number of nitro benzene ring substituents is 1. The zero-order chi connectivity index (χ0) is 15.2. The minimum Gasteiger partial charge on any atom is -0.490 e. The third kappa shape index (κ3) is 3.49. The second-order valence-corrected chi connectivity index (χ2v) is 4.42. The summed E-state index contributed by atoms with van der Waals surface area (Å²) < 4.78 is 4.99. The van der Waals surface area contributed by atoms with E-state index in [1.165, 1.54) is 13.2 Å². The summed E-state index contributed by atoms with van der Waals surface area (Å²) in [6.45, 7) is 0.165. The Bertz CT molecular complexity index is 616. The van der Waals surface area contributed by atoms with Crippen LogP contribution in [0.2, 0.25) is 0 Å². The summed E-state index contributed by atoms with van der Waals surface area (Å²) in [4.78, 5) is 10.6. The monoisotopic (exact) mass is 288 g/mol. The lowest BCUT2D eigenvalue weighted by Crippen LogP contribution is -2.13. The number of para-hydroxylation sites is 1. The maximum atomic E-state index is 11.1. The first-order valence-electron chi connectivity index (χ1n) is 6.41. The van der Waals surface area contributed by atoms with Crippen molar-refractivity contribution in [1.82, 2.24) is 0 Å². The third-order valence-corrected chi connectivity index (χ3v) is 3.07. The number of nitrogens with zero attached hydrogens (tertiary/aromatic N) is 1. The molecule has 0 aromatic heterocycles. The smallest absolute Gasteiger partial charge is 0.333 e. The van der Waals surface area contributed by atoms with Gasteiger partial charge in [0, 0.05) is 6.54 Å². The molecule has 0 amide bonds. The van der Waals surface area contributed by atoms with Crippen molar-refractivity contribution >= 4 is 11.4 Å². The Labute approximate surface area is 122 Å². The van der Waals surface area contributed by atoms with Gasteiger partial charge in [0.15, 0.2) is 5.75 Å². The number of rotatable bonds is 6. The highest BCUT2D eigenvalue weighted by Crippen LogP contribution is 2.34. The van der Waals surface area contributed by atoms with Crippen LogP contribution >= 0.6 is 0 Å². The van der Waals surface area contributed by atoms with Crippen molar-refractivity contribution in [2.75, 3.05) is 19.0 Å². The van der Waals surface area contributed by atoms with E-state index in [0.29, 0.717) is 5.69 Å². The molecule has 0 spiro atoms. The van der Waals surface area contributed by atoms with Crippen molar-refractivity contribution < 1.29 is 14.8 Å². The predicted octanol–water partition coefficient (Wildman–Crippen LogP) is 2.75. The molecule has 0 saturated carbocycles. The lowest BCUT2D eigenvalue weighted by molar-refractivity contribution is -0.384. The molecule has 0 aliphatic carbocycles. The van der Waals surface area contributed by atoms with Crippen LogP contribution in [0.15, 0.2) is 48.5 Å². The van der Waals surface area contributed by atoms with Gasteiger partial charge in [-0.1, -0.05) is 36.4 Å². The van der Waals surface area contributed by atoms with Crippen LogP contribution in [0.1, 0.15) is 11.7 Å². The van der Waals surface area contributed by atoms with E-state index in [4.69, 9.17) is 4.74 Å². The van der Waals surface area contributed by atoms with Crippen LogP contribution in [0, 0.1) is 10.1 Å². The Morgan fingerprint density at radius 1 is 1.24 bits per heavy atom. The Morgan fingerprint density at radius 2 is 1.95 bits per heavy atom. The largest absolute Gasteiger partial charge is 0.490 e. The average molecular weight is 288 g/mol. The molecule has 2 rings (SSSR count). The van der Waals surface area contributed by atoms with Crippen LogP contribution in [0.25, 0.3) is 0 Å². The molecule has 1 atom stereocenters. The summed E-state index contributed by atoms with van der Waals surface area (Å²) in [5.74, 6) is 0.180. The predicted molar refractivity (Wildman–Crippen MR) is 79.5 cm³/mol. The van der Waals surface area contributed by atoms with Crippen molar-refractivity contribution in [3.8, 4) is 5.75 Å². The van der Waals surface area contributed by atoms with E-state index in [1.807, 2.05) is 18.2 Å². The summed E-state index contributed by atoms with van der Waals surface area (Å²) in [5, 5.41) is 24.1. The van der Waals surface area contributed by atoms with Crippen molar-refractivity contribution in [2.24, 2.45) is 0 Å². The molecule has 6 heteroatoms. The second-order valence-electron chi connectivity index (χ2n) is 4.42. The van der Waals surface area contributed by atoms with Gasteiger partial charge in [0.25, 0.3) is 0 Å². The van der Waals surface area contributed by atoms with Crippen LogP contribution in [0.3, 0.4) is 0 Å². The summed E-state index contributed by atoms with van der Waals surface area (Å²) in [6, 6.07) is 13.9. The summed E-state index contributed by atoms with van der Waals surface area (Å²) in [5.41, 5.74) is 0.921. The molecule has 0 saturated heterocycles. The molecular weight excluding hydrogens is 272 g/mol. The highest BCUT2D eigenvalue weighted by atomic mass is 16.6. The molecule has 21 heavy (non-hydrogen) atoms. The fraction of sp³-hybridized carbons (Fsp3) is 0.200. The minimum absolute atomic E-state index is 0.139. The third-order valence-electron chi connectivity index (χ3n) is 3.07. The van der Waals surface area contributed by atoms with Crippen LogP contribution in [-0.4, -0.2) is 23.7 Å². The zero-order valence-electron chi connectivity index (χ0n) is 11.5. The molecule has 0 fully saturated rings. The number of hydrogen-bond donors (Lipinski definition) is 2. The molecule has 0 aliphatic heterocycles. The van der Waals surface area contributed by atoms with Gasteiger partial charge in [-0.2, -0.15) is 0 Å². The van der Waals surface area contributed by atoms with Gasteiger partial charge >= 0.3 is 5.69 Å². The number of nitrogens with one attached hydrogen (secondary N) is 1. The molecule has 110 valence electrons. The fourth-order valence-corrected chi connectivity index (χ4v) is 2.02. The Balaban J connectivity index is 2.15. The van der Waals surface area contributed by atoms with Gasteiger partial charge < -0.3 is 15.2 Å². The number of methoxy groups -OCH3 is 1. The van der Waals surface area contributed by atoms with Crippen LogP contribution in [0.4, 0.5) is 11.4 Å². The first-order chi connectivity index (χ1) is 10.1. The Kier molecular flexibility index (Phi) is 4.73. The number of aliphatic hydroxyl groups is 1. The molecule has 6 nitrogen and oxygen atoms in total. The second kappa shape index (κ2) is 6.71. The van der Waals surface area contributed by atoms with E-state index in [9.17, 15) is 15.2 Å². The quantitative estimate of drug-likeness (QED) is 0.630. The molecule has 2 aromatic carbocycles. The van der Waals surface area contributed by atoms with Crippen molar-refractivity contribution in [3.63, 3.8) is 0 Å². The van der Waals surface area contributed by atoms with E-state index in [0.717, 1.165) is 5.56 Å². The molecule has 0 heterocycles. The van der Waals surface area contributed by atoms with Crippen LogP contribution in [-0.2, 0) is 0 Å². The fourth-order valence-electron chi connectivity index (χ4n) is 2.02. The maximum absolute atomic E-state index is 11.1. The molecular formula is C15H16N2O4. The molecule has 2 N–H and O–H groups in total. The van der Waals surface area contributed by atoms with E-state index in [2.05, 4.69) is 5.32 Å². The first-order valence-corrected chi connectivity index (χ1v) is 6.41. The highest BCUT2D eigenvalue weighted by Gasteiger charge is 2.20. The topological polar surface area (TPSA) is 84.6 Å². The molecule has 2 aromatic rings. The normalized spacial score (nSPS) is 11.7. The zero-order valence-corrected chi connectivity index (χ0v) is 11.5. The summed E-state index contributed by atoms with van der Waals surface area (Å²) >= 11 is 0. The first kappa shape index (κ1) is 14.8. The van der Waals surface area contributed by atoms with Crippen molar-refractivity contribution in [3.05, 3.63) is 64.2 Å². The number of hydrogen-bond acceptors (Lipinski definition) is 5. The van der Waals surface area contributed by atoms with E-state index >= 15 is 0 Å². The van der Waals surface area contributed by atoms with Crippen LogP contribution < -0.4 is 10.1 Å². The molecule has 0 radical (unpaired) electrons. The van der Waals surface area contributed by atoms with E-state index < -0.39 is 11.0 Å². The number of ether oxygens (including phenoxy) is 1. The number of benzene rings is 2. The number of aliphatic hydroxyl groups excluding tert-OH is 1. The van der Waals surface area contributed by atoms with Crippen molar-refractivity contribution in [1.29, 1.82) is 0 Å². The van der Waals surface area contributed by atoms with Gasteiger partial charge in [-0.15, -0.1) is 0 Å². The van der Waals surface area contributed by atoms with E-state index in [1.54, 1.807) is 24.3 Å². The van der Waals surface area contributed by atoms with Gasteiger partial charge in [-0.05, 0) is 17.7 Å². The van der Waals surface area contributed by atoms with Gasteiger partial charge in [-0.3, -0.25) is 10.1 Å². The Hall–Kier alpha value is -2.60. The van der Waals surface area contributed by atoms with E-state index in [-0.39, 0.29) is 18.0 Å². The molecule has 0 aliphatic rings. The minimum atomic E-state index is -0.753. The standard InChI is InChI=1S/C15H16N2O4/c1-21-14-9-5-8-12(15(14)17(19)20)16-10-13(18)11-6-3-2-4-7-11/h2-9,13,16,18H,10H2,1H3. The average Bonchev–Trinajstić information content (AvgIpc) is 2.52. The summed E-state index contributed by atoms with van der Waals surface area (Å²) in [6.07, 6.45) is -0.753. The number of anilines is 1. The van der Waals surface area contributed by atoms with Gasteiger partial charge in [0.2, 0.25) is 0 Å². The highest BCUT2D eigenvalue weighted by molar-refractivity contribution is 5.68. The molecule has 1 unspecified atom stereocenters. The summed E-state index contributed by atoms with van der Waals surface area (Å²) in [7, 11) is 1.38. The van der Waals surface area contributed by atoms with Gasteiger partial charge in [-0.25, -0.2) is 0 Å². The molecule has 0 bridgehead atoms. The number of nitro groups is 1. The van der Waals surface area contributed by atoms with Gasteiger partial charge in [0.1, 0.15) is 5.69 Å².